The quantitative estimate of drug-likeness (QED) is 0.459. The SMILES string of the molecule is O=C(Nc1ccc(-c2ccc(=O)[nH]n2)cc1)C1CCCN(c2ccc(-c3ccc(F)cc3)nn2)C1. The predicted molar refractivity (Wildman–Crippen MR) is 131 cm³/mol. The lowest BCUT2D eigenvalue weighted by Gasteiger charge is -2.32. The molecule has 1 aliphatic heterocycles. The Morgan fingerprint density at radius 3 is 2.31 bits per heavy atom. The molecule has 1 fully saturated rings. The van der Waals surface area contributed by atoms with Crippen molar-refractivity contribution in [3.05, 3.63) is 89.0 Å². The summed E-state index contributed by atoms with van der Waals surface area (Å²) in [6.07, 6.45) is 1.67. The third-order valence-corrected chi connectivity index (χ3v) is 6.03. The molecule has 176 valence electrons. The largest absolute Gasteiger partial charge is 0.354 e. The lowest BCUT2D eigenvalue weighted by Crippen LogP contribution is -2.41. The Balaban J connectivity index is 1.21. The van der Waals surface area contributed by atoms with E-state index in [2.05, 4.69) is 30.6 Å². The Hall–Kier alpha value is -4.40. The zero-order valence-corrected chi connectivity index (χ0v) is 18.8. The molecule has 0 saturated carbocycles. The maximum atomic E-state index is 13.2. The molecule has 2 N–H and O–H groups in total. The molecule has 5 rings (SSSR count). The number of hydrogen-bond acceptors (Lipinski definition) is 6. The van der Waals surface area contributed by atoms with Crippen LogP contribution in [-0.2, 0) is 4.79 Å². The van der Waals surface area contributed by atoms with Crippen LogP contribution in [-0.4, -0.2) is 39.4 Å². The van der Waals surface area contributed by atoms with Crippen molar-refractivity contribution < 1.29 is 9.18 Å². The first kappa shape index (κ1) is 22.4. The van der Waals surface area contributed by atoms with E-state index in [1.807, 2.05) is 36.4 Å². The molecular formula is C26H23FN6O2. The van der Waals surface area contributed by atoms with Crippen LogP contribution in [0.5, 0.6) is 0 Å². The van der Waals surface area contributed by atoms with Crippen LogP contribution in [0.3, 0.4) is 0 Å². The Morgan fingerprint density at radius 1 is 0.914 bits per heavy atom. The van der Waals surface area contributed by atoms with Gasteiger partial charge in [-0.1, -0.05) is 12.1 Å². The zero-order chi connectivity index (χ0) is 24.2. The fourth-order valence-corrected chi connectivity index (χ4v) is 4.14. The van der Waals surface area contributed by atoms with E-state index >= 15 is 0 Å². The van der Waals surface area contributed by atoms with Gasteiger partial charge >= 0.3 is 0 Å². The number of piperidine rings is 1. The second-order valence-corrected chi connectivity index (χ2v) is 8.44. The molecule has 3 heterocycles. The van der Waals surface area contributed by atoms with E-state index in [0.717, 1.165) is 30.5 Å². The zero-order valence-electron chi connectivity index (χ0n) is 18.8. The van der Waals surface area contributed by atoms with E-state index in [4.69, 9.17) is 0 Å². The summed E-state index contributed by atoms with van der Waals surface area (Å²) in [6.45, 7) is 1.35. The summed E-state index contributed by atoms with van der Waals surface area (Å²) in [5.41, 5.74) is 3.39. The summed E-state index contributed by atoms with van der Waals surface area (Å²) < 4.78 is 13.2. The van der Waals surface area contributed by atoms with Gasteiger partial charge in [0.2, 0.25) is 5.91 Å². The summed E-state index contributed by atoms with van der Waals surface area (Å²) in [6, 6.07) is 20.3. The summed E-state index contributed by atoms with van der Waals surface area (Å²) in [5, 5.41) is 18.1. The van der Waals surface area contributed by atoms with Gasteiger partial charge in [0.1, 0.15) is 5.82 Å². The van der Waals surface area contributed by atoms with Crippen molar-refractivity contribution in [1.82, 2.24) is 20.4 Å². The Labute approximate surface area is 200 Å². The number of benzene rings is 2. The van der Waals surface area contributed by atoms with E-state index < -0.39 is 0 Å². The van der Waals surface area contributed by atoms with Gasteiger partial charge in [-0.3, -0.25) is 9.59 Å². The van der Waals surface area contributed by atoms with Gasteiger partial charge in [-0.2, -0.15) is 5.10 Å². The van der Waals surface area contributed by atoms with Crippen LogP contribution in [0.25, 0.3) is 22.5 Å². The lowest BCUT2D eigenvalue weighted by molar-refractivity contribution is -0.120. The second-order valence-electron chi connectivity index (χ2n) is 8.44. The summed E-state index contributed by atoms with van der Waals surface area (Å²) >= 11 is 0. The van der Waals surface area contributed by atoms with Gasteiger partial charge < -0.3 is 10.2 Å². The van der Waals surface area contributed by atoms with Crippen molar-refractivity contribution in [3.63, 3.8) is 0 Å². The van der Waals surface area contributed by atoms with Gasteiger partial charge in [-0.15, -0.1) is 10.2 Å². The topological polar surface area (TPSA) is 104 Å². The molecule has 1 atom stereocenters. The number of halogens is 1. The number of amides is 1. The normalized spacial score (nSPS) is 15.6. The number of aromatic amines is 1. The molecule has 8 nitrogen and oxygen atoms in total. The third kappa shape index (κ3) is 5.24. The summed E-state index contributed by atoms with van der Waals surface area (Å²) in [4.78, 5) is 26.2. The Morgan fingerprint density at radius 2 is 1.63 bits per heavy atom. The van der Waals surface area contributed by atoms with Crippen molar-refractivity contribution >= 4 is 17.4 Å². The average Bonchev–Trinajstić information content (AvgIpc) is 2.90. The average molecular weight is 471 g/mol. The van der Waals surface area contributed by atoms with Crippen LogP contribution in [0.1, 0.15) is 12.8 Å². The fraction of sp³-hybridized carbons (Fsp3) is 0.192. The van der Waals surface area contributed by atoms with Crippen LogP contribution >= 0.6 is 0 Å². The van der Waals surface area contributed by atoms with Crippen molar-refractivity contribution in [3.8, 4) is 22.5 Å². The van der Waals surface area contributed by atoms with Crippen molar-refractivity contribution in [1.29, 1.82) is 0 Å². The van der Waals surface area contributed by atoms with Gasteiger partial charge in [0.05, 0.1) is 17.3 Å². The van der Waals surface area contributed by atoms with Crippen LogP contribution in [0, 0.1) is 11.7 Å². The third-order valence-electron chi connectivity index (χ3n) is 6.03. The highest BCUT2D eigenvalue weighted by atomic mass is 19.1. The van der Waals surface area contributed by atoms with Crippen LogP contribution < -0.4 is 15.8 Å². The first-order valence-corrected chi connectivity index (χ1v) is 11.4. The summed E-state index contributed by atoms with van der Waals surface area (Å²) in [5.74, 6) is 0.201. The first-order valence-electron chi connectivity index (χ1n) is 11.4. The maximum absolute atomic E-state index is 13.2. The van der Waals surface area contributed by atoms with E-state index in [1.165, 1.54) is 18.2 Å². The number of carbonyl (C=O) groups is 1. The smallest absolute Gasteiger partial charge is 0.264 e. The molecule has 4 aromatic rings. The Bertz CT molecular complexity index is 1350. The van der Waals surface area contributed by atoms with Crippen LogP contribution in [0.15, 0.2) is 77.6 Å². The predicted octanol–water partition coefficient (Wildman–Crippen LogP) is 3.89. The highest BCUT2D eigenvalue weighted by Gasteiger charge is 2.27. The van der Waals surface area contributed by atoms with Gasteiger partial charge in [-0.05, 0) is 67.4 Å². The number of hydrogen-bond donors (Lipinski definition) is 2. The molecule has 35 heavy (non-hydrogen) atoms. The highest BCUT2D eigenvalue weighted by Crippen LogP contribution is 2.25. The lowest BCUT2D eigenvalue weighted by atomic mass is 9.97. The van der Waals surface area contributed by atoms with E-state index in [-0.39, 0.29) is 23.2 Å². The van der Waals surface area contributed by atoms with Gasteiger partial charge in [-0.25, -0.2) is 9.49 Å². The molecule has 2 aromatic carbocycles. The number of H-pyrrole nitrogens is 1. The van der Waals surface area contributed by atoms with E-state index in [9.17, 15) is 14.0 Å². The molecule has 2 aromatic heterocycles. The molecule has 1 saturated heterocycles. The number of nitrogens with one attached hydrogen (secondary N) is 2. The van der Waals surface area contributed by atoms with Gasteiger partial charge in [0.15, 0.2) is 5.82 Å². The number of rotatable bonds is 5. The molecule has 9 heteroatoms. The molecule has 0 spiro atoms. The molecule has 1 unspecified atom stereocenters. The number of aromatic nitrogens is 4. The number of anilines is 2. The highest BCUT2D eigenvalue weighted by molar-refractivity contribution is 5.93. The molecule has 0 bridgehead atoms. The van der Waals surface area contributed by atoms with Gasteiger partial charge in [0, 0.05) is 36.0 Å². The maximum Gasteiger partial charge on any atom is 0.264 e. The van der Waals surface area contributed by atoms with Crippen LogP contribution in [0.2, 0.25) is 0 Å². The van der Waals surface area contributed by atoms with Crippen molar-refractivity contribution in [2.75, 3.05) is 23.3 Å². The van der Waals surface area contributed by atoms with Crippen LogP contribution in [0.4, 0.5) is 15.9 Å². The van der Waals surface area contributed by atoms with Crippen molar-refractivity contribution in [2.24, 2.45) is 5.92 Å². The van der Waals surface area contributed by atoms with E-state index in [1.54, 1.807) is 18.2 Å². The number of nitrogens with zero attached hydrogens (tertiary/aromatic N) is 4. The molecule has 0 aliphatic carbocycles. The van der Waals surface area contributed by atoms with E-state index in [0.29, 0.717) is 29.4 Å². The minimum atomic E-state index is -0.294. The Kier molecular flexibility index (Phi) is 6.30. The monoisotopic (exact) mass is 470 g/mol. The van der Waals surface area contributed by atoms with Crippen molar-refractivity contribution in [2.45, 2.75) is 12.8 Å². The minimum absolute atomic E-state index is 0.0412. The fourth-order valence-electron chi connectivity index (χ4n) is 4.14. The molecule has 1 amide bonds. The number of carbonyl (C=O) groups excluding carboxylic acids is 1. The van der Waals surface area contributed by atoms with Gasteiger partial charge in [0.25, 0.3) is 5.56 Å². The molecular weight excluding hydrogens is 447 g/mol. The minimum Gasteiger partial charge on any atom is -0.354 e. The molecule has 0 radical (unpaired) electrons. The first-order chi connectivity index (χ1) is 17.0. The summed E-state index contributed by atoms with van der Waals surface area (Å²) in [7, 11) is 0. The molecule has 1 aliphatic rings. The standard InChI is InChI=1S/C26H23FN6O2/c27-20-7-3-17(4-8-20)22-11-13-24(31-29-22)33-15-1-2-19(16-33)26(35)28-21-9-5-18(6-10-21)23-12-14-25(34)32-30-23/h3-14,19H,1-2,15-16H2,(H,28,35)(H,32,34). The second kappa shape index (κ2) is 9.84.